The molecule has 0 unspecified atom stereocenters. The van der Waals surface area contributed by atoms with Crippen LogP contribution in [-0.4, -0.2) is 9.91 Å². The van der Waals surface area contributed by atoms with Crippen LogP contribution in [0.1, 0.15) is 0 Å². The smallest absolute Gasteiger partial charge is 0.314 e. The topological polar surface area (TPSA) is 91.3 Å². The highest BCUT2D eigenvalue weighted by molar-refractivity contribution is 6.30. The van der Waals surface area contributed by atoms with Crippen molar-refractivity contribution in [3.8, 4) is 11.5 Å². The van der Waals surface area contributed by atoms with Gasteiger partial charge in [0.05, 0.1) is 17.2 Å². The summed E-state index contributed by atoms with van der Waals surface area (Å²) < 4.78 is 5.40. The van der Waals surface area contributed by atoms with Crippen LogP contribution in [0.4, 0.5) is 11.5 Å². The first-order valence-corrected chi connectivity index (χ1v) is 5.27. The second-order valence-corrected chi connectivity index (χ2v) is 3.82. The van der Waals surface area contributed by atoms with E-state index in [0.29, 0.717) is 10.8 Å². The third-order valence-electron chi connectivity index (χ3n) is 2.12. The molecule has 18 heavy (non-hydrogen) atoms. The maximum absolute atomic E-state index is 10.7. The maximum atomic E-state index is 10.7. The zero-order valence-corrected chi connectivity index (χ0v) is 9.79. The predicted octanol–water partition coefficient (Wildman–Crippen LogP) is 3.02. The second kappa shape index (κ2) is 4.89. The number of ether oxygens (including phenoxy) is 1. The van der Waals surface area contributed by atoms with E-state index in [0.717, 1.165) is 0 Å². The van der Waals surface area contributed by atoms with E-state index in [1.165, 1.54) is 12.3 Å². The summed E-state index contributed by atoms with van der Waals surface area (Å²) in [5.74, 6) is 0.585. The van der Waals surface area contributed by atoms with E-state index in [1.807, 2.05) is 0 Å². The number of hydrogen-bond acceptors (Lipinski definition) is 5. The van der Waals surface area contributed by atoms with E-state index >= 15 is 0 Å². The van der Waals surface area contributed by atoms with E-state index in [2.05, 4.69) is 4.98 Å². The van der Waals surface area contributed by atoms with E-state index in [1.54, 1.807) is 24.3 Å². The summed E-state index contributed by atoms with van der Waals surface area (Å²) in [6.45, 7) is 0. The van der Waals surface area contributed by atoms with Crippen molar-refractivity contribution >= 4 is 23.1 Å². The standard InChI is InChI=1S/C11H8ClN3O3/c12-7-1-3-8(4-2-7)18-9-5-10(15(16)17)11(13)14-6-9/h1-6H,(H2,13,14). The Kier molecular flexibility index (Phi) is 3.29. The van der Waals surface area contributed by atoms with Gasteiger partial charge in [0, 0.05) is 5.02 Å². The Morgan fingerprint density at radius 1 is 1.28 bits per heavy atom. The summed E-state index contributed by atoms with van der Waals surface area (Å²) in [6.07, 6.45) is 1.32. The number of nitro groups is 1. The lowest BCUT2D eigenvalue weighted by atomic mass is 10.3. The van der Waals surface area contributed by atoms with Crippen molar-refractivity contribution < 1.29 is 9.66 Å². The van der Waals surface area contributed by atoms with Gasteiger partial charge in [-0.25, -0.2) is 4.98 Å². The van der Waals surface area contributed by atoms with Gasteiger partial charge in [0.2, 0.25) is 5.82 Å². The fraction of sp³-hybridized carbons (Fsp3) is 0. The summed E-state index contributed by atoms with van der Waals surface area (Å²) in [6, 6.07) is 7.80. The van der Waals surface area contributed by atoms with Crippen molar-refractivity contribution in [3.05, 3.63) is 51.7 Å². The molecule has 0 saturated heterocycles. The first-order chi connectivity index (χ1) is 8.56. The Hall–Kier alpha value is -2.34. The molecule has 2 rings (SSSR count). The highest BCUT2D eigenvalue weighted by atomic mass is 35.5. The Balaban J connectivity index is 2.27. The van der Waals surface area contributed by atoms with Gasteiger partial charge in [-0.2, -0.15) is 0 Å². The molecular formula is C11H8ClN3O3. The summed E-state index contributed by atoms with van der Waals surface area (Å²) in [5, 5.41) is 11.3. The van der Waals surface area contributed by atoms with Crippen molar-refractivity contribution in [1.29, 1.82) is 0 Å². The van der Waals surface area contributed by atoms with Crippen LogP contribution in [-0.2, 0) is 0 Å². The minimum Gasteiger partial charge on any atom is -0.455 e. The number of nitrogens with two attached hydrogens (primary N) is 1. The lowest BCUT2D eigenvalue weighted by molar-refractivity contribution is -0.384. The molecule has 0 aliphatic rings. The van der Waals surface area contributed by atoms with Crippen LogP contribution in [0.15, 0.2) is 36.5 Å². The number of nitrogens with zero attached hydrogens (tertiary/aromatic N) is 2. The third-order valence-corrected chi connectivity index (χ3v) is 2.37. The van der Waals surface area contributed by atoms with Gasteiger partial charge in [0.25, 0.3) is 0 Å². The fourth-order valence-electron chi connectivity index (χ4n) is 1.29. The van der Waals surface area contributed by atoms with Crippen LogP contribution in [0, 0.1) is 10.1 Å². The van der Waals surface area contributed by atoms with E-state index < -0.39 is 4.92 Å². The number of nitrogen functional groups attached to an aromatic ring is 1. The van der Waals surface area contributed by atoms with Gasteiger partial charge in [-0.05, 0) is 24.3 Å². The first kappa shape index (κ1) is 12.1. The van der Waals surface area contributed by atoms with Gasteiger partial charge >= 0.3 is 5.69 Å². The summed E-state index contributed by atoms with van der Waals surface area (Å²) >= 11 is 5.73. The average Bonchev–Trinajstić information content (AvgIpc) is 2.34. The SMILES string of the molecule is Nc1ncc(Oc2ccc(Cl)cc2)cc1[N+](=O)[O-]. The molecule has 0 amide bonds. The zero-order chi connectivity index (χ0) is 13.1. The van der Waals surface area contributed by atoms with Crippen LogP contribution in [0.5, 0.6) is 11.5 Å². The molecule has 7 heteroatoms. The number of aromatic nitrogens is 1. The van der Waals surface area contributed by atoms with Gasteiger partial charge in [-0.15, -0.1) is 0 Å². The van der Waals surface area contributed by atoms with Crippen molar-refractivity contribution in [2.24, 2.45) is 0 Å². The quantitative estimate of drug-likeness (QED) is 0.680. The lowest BCUT2D eigenvalue weighted by Gasteiger charge is -2.05. The molecule has 6 nitrogen and oxygen atoms in total. The number of rotatable bonds is 3. The molecule has 92 valence electrons. The van der Waals surface area contributed by atoms with Crippen molar-refractivity contribution in [3.63, 3.8) is 0 Å². The van der Waals surface area contributed by atoms with Crippen LogP contribution >= 0.6 is 11.6 Å². The molecule has 0 radical (unpaired) electrons. The van der Waals surface area contributed by atoms with Crippen LogP contribution in [0.25, 0.3) is 0 Å². The number of halogens is 1. The number of benzene rings is 1. The number of hydrogen-bond donors (Lipinski definition) is 1. The largest absolute Gasteiger partial charge is 0.455 e. The number of anilines is 1. The van der Waals surface area contributed by atoms with Gasteiger partial charge in [0.15, 0.2) is 5.75 Å². The minimum absolute atomic E-state index is 0.150. The molecule has 2 N–H and O–H groups in total. The first-order valence-electron chi connectivity index (χ1n) is 4.89. The highest BCUT2D eigenvalue weighted by Gasteiger charge is 2.14. The van der Waals surface area contributed by atoms with E-state index in [4.69, 9.17) is 22.1 Å². The van der Waals surface area contributed by atoms with Crippen molar-refractivity contribution in [1.82, 2.24) is 4.98 Å². The number of pyridine rings is 1. The van der Waals surface area contributed by atoms with E-state index in [9.17, 15) is 10.1 Å². The predicted molar refractivity (Wildman–Crippen MR) is 66.8 cm³/mol. The molecule has 0 bridgehead atoms. The van der Waals surface area contributed by atoms with Crippen LogP contribution in [0.3, 0.4) is 0 Å². The van der Waals surface area contributed by atoms with Crippen molar-refractivity contribution in [2.45, 2.75) is 0 Å². The highest BCUT2D eigenvalue weighted by Crippen LogP contribution is 2.28. The van der Waals surface area contributed by atoms with E-state index in [-0.39, 0.29) is 17.3 Å². The van der Waals surface area contributed by atoms with Gasteiger partial charge in [-0.1, -0.05) is 11.6 Å². The van der Waals surface area contributed by atoms with Crippen LogP contribution in [0.2, 0.25) is 5.02 Å². The Bertz CT molecular complexity index is 587. The molecule has 0 atom stereocenters. The molecule has 0 spiro atoms. The van der Waals surface area contributed by atoms with Crippen LogP contribution < -0.4 is 10.5 Å². The third kappa shape index (κ3) is 2.67. The Labute approximate surface area is 107 Å². The molecule has 1 aromatic heterocycles. The average molecular weight is 266 g/mol. The molecule has 0 fully saturated rings. The van der Waals surface area contributed by atoms with Crippen molar-refractivity contribution in [2.75, 3.05) is 5.73 Å². The molecule has 0 aliphatic carbocycles. The second-order valence-electron chi connectivity index (χ2n) is 3.39. The molecular weight excluding hydrogens is 258 g/mol. The minimum atomic E-state index is -0.614. The Morgan fingerprint density at radius 2 is 1.94 bits per heavy atom. The lowest BCUT2D eigenvalue weighted by Crippen LogP contribution is -1.98. The monoisotopic (exact) mass is 265 g/mol. The molecule has 1 heterocycles. The Morgan fingerprint density at radius 3 is 2.56 bits per heavy atom. The van der Waals surface area contributed by atoms with Gasteiger partial charge < -0.3 is 10.5 Å². The normalized spacial score (nSPS) is 10.1. The molecule has 1 aromatic carbocycles. The van der Waals surface area contributed by atoms with Gasteiger partial charge in [-0.3, -0.25) is 10.1 Å². The summed E-state index contributed by atoms with van der Waals surface area (Å²) in [7, 11) is 0. The summed E-state index contributed by atoms with van der Waals surface area (Å²) in [5.41, 5.74) is 5.09. The maximum Gasteiger partial charge on any atom is 0.314 e. The molecule has 0 saturated carbocycles. The summed E-state index contributed by atoms with van der Waals surface area (Å²) in [4.78, 5) is 13.8. The molecule has 0 aliphatic heterocycles. The molecule has 2 aromatic rings. The van der Waals surface area contributed by atoms with Gasteiger partial charge in [0.1, 0.15) is 5.75 Å². The zero-order valence-electron chi connectivity index (χ0n) is 9.04. The fourth-order valence-corrected chi connectivity index (χ4v) is 1.41.